The number of carbonyl (C=O) groups is 2. The maximum absolute atomic E-state index is 14.1. The topological polar surface area (TPSA) is 96.0 Å². The van der Waals surface area contributed by atoms with Gasteiger partial charge in [-0.1, -0.05) is 73.0 Å². The van der Waals surface area contributed by atoms with E-state index in [-0.39, 0.29) is 29.1 Å². The molecule has 1 aliphatic carbocycles. The summed E-state index contributed by atoms with van der Waals surface area (Å²) in [5, 5.41) is 3.50. The molecule has 0 saturated heterocycles. The largest absolute Gasteiger partial charge is 0.495 e. The molecule has 3 aromatic rings. The highest BCUT2D eigenvalue weighted by Crippen LogP contribution is 2.32. The molecule has 1 fully saturated rings. The molecule has 40 heavy (non-hydrogen) atoms. The van der Waals surface area contributed by atoms with E-state index in [1.165, 1.54) is 24.1 Å². The minimum atomic E-state index is -4.18. The molecule has 1 atom stereocenters. The fourth-order valence-electron chi connectivity index (χ4n) is 4.85. The van der Waals surface area contributed by atoms with Crippen molar-refractivity contribution in [2.75, 3.05) is 18.0 Å². The second kappa shape index (κ2) is 13.2. The van der Waals surface area contributed by atoms with Crippen molar-refractivity contribution >= 4 is 39.1 Å². The number of benzene rings is 3. The van der Waals surface area contributed by atoms with Crippen LogP contribution in [0.5, 0.6) is 5.75 Å². The first-order valence-electron chi connectivity index (χ1n) is 13.3. The molecule has 1 N–H and O–H groups in total. The van der Waals surface area contributed by atoms with Crippen LogP contribution in [0.2, 0.25) is 5.02 Å². The number of anilines is 1. The number of ether oxygens (including phenoxy) is 1. The number of amides is 2. The van der Waals surface area contributed by atoms with Crippen molar-refractivity contribution in [1.82, 2.24) is 10.2 Å². The Balaban J connectivity index is 1.71. The fourth-order valence-corrected chi connectivity index (χ4v) is 6.49. The maximum Gasteiger partial charge on any atom is 0.264 e. The van der Waals surface area contributed by atoms with Crippen LogP contribution >= 0.6 is 11.6 Å². The highest BCUT2D eigenvalue weighted by Gasteiger charge is 2.34. The van der Waals surface area contributed by atoms with Crippen molar-refractivity contribution in [2.45, 2.75) is 56.1 Å². The molecule has 0 heterocycles. The lowest BCUT2D eigenvalue weighted by molar-refractivity contribution is -0.139. The zero-order valence-electron chi connectivity index (χ0n) is 22.6. The Morgan fingerprint density at radius 3 is 2.27 bits per heavy atom. The Bertz CT molecular complexity index is 1430. The lowest BCUT2D eigenvalue weighted by atomic mass is 10.1. The van der Waals surface area contributed by atoms with Crippen LogP contribution in [0, 0.1) is 0 Å². The predicted octanol–water partition coefficient (Wildman–Crippen LogP) is 5.02. The molecule has 10 heteroatoms. The molecular weight excluding hydrogens is 550 g/mol. The summed E-state index contributed by atoms with van der Waals surface area (Å²) in [6, 6.07) is 20.8. The predicted molar refractivity (Wildman–Crippen MR) is 156 cm³/mol. The zero-order chi connectivity index (χ0) is 28.7. The van der Waals surface area contributed by atoms with Crippen molar-refractivity contribution in [1.29, 1.82) is 0 Å². The van der Waals surface area contributed by atoms with Gasteiger partial charge >= 0.3 is 0 Å². The van der Waals surface area contributed by atoms with Gasteiger partial charge in [-0.25, -0.2) is 8.42 Å². The van der Waals surface area contributed by atoms with Gasteiger partial charge in [-0.15, -0.1) is 0 Å². The van der Waals surface area contributed by atoms with Gasteiger partial charge in [0.1, 0.15) is 18.3 Å². The Morgan fingerprint density at radius 1 is 0.975 bits per heavy atom. The molecule has 0 radical (unpaired) electrons. The minimum absolute atomic E-state index is 0.0263. The maximum atomic E-state index is 14.1. The molecule has 4 rings (SSSR count). The van der Waals surface area contributed by atoms with Crippen LogP contribution in [0.3, 0.4) is 0 Å². The molecule has 1 saturated carbocycles. The summed E-state index contributed by atoms with van der Waals surface area (Å²) in [5.74, 6) is -0.555. The Hall–Kier alpha value is -3.56. The molecule has 2 amide bonds. The average Bonchev–Trinajstić information content (AvgIpc) is 3.48. The van der Waals surface area contributed by atoms with E-state index in [9.17, 15) is 18.0 Å². The third kappa shape index (κ3) is 6.77. The molecule has 0 unspecified atom stereocenters. The number of carbonyl (C=O) groups excluding carboxylic acids is 2. The first-order chi connectivity index (χ1) is 19.2. The molecule has 0 aliphatic heterocycles. The summed E-state index contributed by atoms with van der Waals surface area (Å²) >= 11 is 6.43. The summed E-state index contributed by atoms with van der Waals surface area (Å²) in [4.78, 5) is 28.8. The number of halogens is 1. The van der Waals surface area contributed by atoms with E-state index < -0.39 is 28.5 Å². The second-order valence-corrected chi connectivity index (χ2v) is 12.0. The van der Waals surface area contributed by atoms with Crippen molar-refractivity contribution in [3.8, 4) is 5.75 Å². The normalized spacial score (nSPS) is 14.4. The number of methoxy groups -OCH3 is 1. The van der Waals surface area contributed by atoms with Gasteiger partial charge in [-0.2, -0.15) is 0 Å². The van der Waals surface area contributed by atoms with E-state index in [1.807, 2.05) is 0 Å². The molecule has 0 spiro atoms. The smallest absolute Gasteiger partial charge is 0.264 e. The van der Waals surface area contributed by atoms with Gasteiger partial charge in [0.15, 0.2) is 0 Å². The van der Waals surface area contributed by atoms with Gasteiger partial charge in [0.05, 0.1) is 17.7 Å². The summed E-state index contributed by atoms with van der Waals surface area (Å²) in [6.07, 6.45) is 3.89. The Kier molecular flexibility index (Phi) is 9.71. The van der Waals surface area contributed by atoms with E-state index >= 15 is 0 Å². The fraction of sp³-hybridized carbons (Fsp3) is 0.333. The number of rotatable bonds is 11. The Labute approximate surface area is 240 Å². The number of sulfonamides is 1. The van der Waals surface area contributed by atoms with E-state index in [1.54, 1.807) is 73.7 Å². The van der Waals surface area contributed by atoms with Gasteiger partial charge in [0.2, 0.25) is 11.8 Å². The first-order valence-corrected chi connectivity index (χ1v) is 15.1. The molecule has 0 aromatic heterocycles. The van der Waals surface area contributed by atoms with Crippen molar-refractivity contribution in [3.05, 3.63) is 89.4 Å². The van der Waals surface area contributed by atoms with Gasteiger partial charge in [-0.05, 0) is 55.7 Å². The summed E-state index contributed by atoms with van der Waals surface area (Å²) in [7, 11) is -2.74. The summed E-state index contributed by atoms with van der Waals surface area (Å²) < 4.78 is 34.3. The number of hydrogen-bond donors (Lipinski definition) is 1. The molecule has 3 aromatic carbocycles. The monoisotopic (exact) mass is 583 g/mol. The van der Waals surface area contributed by atoms with E-state index in [2.05, 4.69) is 5.32 Å². The first kappa shape index (κ1) is 29.4. The SMILES string of the molecule is COc1ccccc1N(CC(=O)N(Cc1ccccc1Cl)[C@@H](C)C(=O)NC1CCCC1)S(=O)(=O)c1ccccc1. The van der Waals surface area contributed by atoms with Crippen LogP contribution < -0.4 is 14.4 Å². The third-order valence-electron chi connectivity index (χ3n) is 7.13. The van der Waals surface area contributed by atoms with Crippen LogP contribution in [0.1, 0.15) is 38.2 Å². The van der Waals surface area contributed by atoms with E-state index in [4.69, 9.17) is 16.3 Å². The summed E-state index contributed by atoms with van der Waals surface area (Å²) in [6.45, 7) is 1.13. The van der Waals surface area contributed by atoms with Crippen LogP contribution in [0.15, 0.2) is 83.8 Å². The standard InChI is InChI=1S/C30H34ClN3O5S/c1-22(30(36)32-24-13-7-8-14-24)33(20-23-12-6-9-17-26(23)31)29(35)21-34(27-18-10-11-19-28(27)39-2)40(37,38)25-15-4-3-5-16-25/h3-6,9-12,15-19,22,24H,7-8,13-14,20-21H2,1-2H3,(H,32,36)/t22-/m0/s1. The van der Waals surface area contributed by atoms with Gasteiger partial charge in [0, 0.05) is 17.6 Å². The minimum Gasteiger partial charge on any atom is -0.495 e. The number of nitrogens with one attached hydrogen (secondary N) is 1. The lowest BCUT2D eigenvalue weighted by Gasteiger charge is -2.33. The summed E-state index contributed by atoms with van der Waals surface area (Å²) in [5.41, 5.74) is 0.857. The molecule has 0 bridgehead atoms. The third-order valence-corrected chi connectivity index (χ3v) is 9.27. The quantitative estimate of drug-likeness (QED) is 0.342. The highest BCUT2D eigenvalue weighted by atomic mass is 35.5. The number of hydrogen-bond acceptors (Lipinski definition) is 5. The number of para-hydroxylation sites is 2. The molecule has 8 nitrogen and oxygen atoms in total. The lowest BCUT2D eigenvalue weighted by Crippen LogP contribution is -2.52. The highest BCUT2D eigenvalue weighted by molar-refractivity contribution is 7.92. The van der Waals surface area contributed by atoms with Crippen molar-refractivity contribution in [2.24, 2.45) is 0 Å². The van der Waals surface area contributed by atoms with Gasteiger partial charge in [-0.3, -0.25) is 13.9 Å². The zero-order valence-corrected chi connectivity index (χ0v) is 24.2. The molecule has 1 aliphatic rings. The van der Waals surface area contributed by atoms with Crippen molar-refractivity contribution < 1.29 is 22.7 Å². The molecule has 212 valence electrons. The van der Waals surface area contributed by atoms with Crippen LogP contribution in [-0.4, -0.2) is 50.9 Å². The van der Waals surface area contributed by atoms with Gasteiger partial charge < -0.3 is 15.0 Å². The van der Waals surface area contributed by atoms with E-state index in [0.29, 0.717) is 16.3 Å². The second-order valence-electron chi connectivity index (χ2n) is 9.78. The van der Waals surface area contributed by atoms with Crippen LogP contribution in [0.25, 0.3) is 0 Å². The van der Waals surface area contributed by atoms with Crippen LogP contribution in [0.4, 0.5) is 5.69 Å². The van der Waals surface area contributed by atoms with Crippen molar-refractivity contribution in [3.63, 3.8) is 0 Å². The van der Waals surface area contributed by atoms with E-state index in [0.717, 1.165) is 30.0 Å². The van der Waals surface area contributed by atoms with Gasteiger partial charge in [0.25, 0.3) is 10.0 Å². The molecular formula is C30H34ClN3O5S. The Morgan fingerprint density at radius 2 is 1.60 bits per heavy atom. The van der Waals surface area contributed by atoms with Crippen LogP contribution in [-0.2, 0) is 26.2 Å². The average molecular weight is 584 g/mol. The number of nitrogens with zero attached hydrogens (tertiary/aromatic N) is 2.